The molecule has 18 heavy (non-hydrogen) atoms. The number of methoxy groups -OCH3 is 1. The summed E-state index contributed by atoms with van der Waals surface area (Å²) in [7, 11) is -0.102. The Morgan fingerprint density at radius 2 is 1.89 bits per heavy atom. The van der Waals surface area contributed by atoms with Gasteiger partial charge in [0.05, 0.1) is 13.7 Å². The number of nitrogens with zero attached hydrogens (tertiary/aromatic N) is 1. The summed E-state index contributed by atoms with van der Waals surface area (Å²) in [5, 5.41) is 0.211. The second-order valence-electron chi connectivity index (χ2n) is 5.85. The van der Waals surface area contributed by atoms with Crippen LogP contribution in [-0.4, -0.2) is 20.4 Å². The zero-order valence-electron chi connectivity index (χ0n) is 12.0. The SMILES string of the molecule is COc1nc(Br)ccc1CO[Si](C)(C)C(C)(C)C. The van der Waals surface area contributed by atoms with Crippen LogP contribution in [0.5, 0.6) is 5.88 Å². The summed E-state index contributed by atoms with van der Waals surface area (Å²) in [6.07, 6.45) is 0. The smallest absolute Gasteiger partial charge is 0.219 e. The minimum Gasteiger partial charge on any atom is -0.481 e. The minimum atomic E-state index is -1.73. The largest absolute Gasteiger partial charge is 0.481 e. The van der Waals surface area contributed by atoms with Crippen LogP contribution in [0.2, 0.25) is 18.1 Å². The first-order valence-corrected chi connectivity index (χ1v) is 9.71. The highest BCUT2D eigenvalue weighted by molar-refractivity contribution is 9.10. The Kier molecular flexibility index (Phi) is 4.97. The second kappa shape index (κ2) is 5.71. The van der Waals surface area contributed by atoms with Gasteiger partial charge in [0.15, 0.2) is 8.32 Å². The van der Waals surface area contributed by atoms with E-state index >= 15 is 0 Å². The number of hydrogen-bond donors (Lipinski definition) is 0. The Balaban J connectivity index is 2.81. The molecular formula is C13H22BrNO2Si. The maximum Gasteiger partial charge on any atom is 0.219 e. The average Bonchev–Trinajstić information content (AvgIpc) is 2.25. The summed E-state index contributed by atoms with van der Waals surface area (Å²) >= 11 is 3.34. The van der Waals surface area contributed by atoms with E-state index in [9.17, 15) is 0 Å². The van der Waals surface area contributed by atoms with Crippen LogP contribution in [0.25, 0.3) is 0 Å². The van der Waals surface area contributed by atoms with E-state index < -0.39 is 8.32 Å². The molecular weight excluding hydrogens is 310 g/mol. The van der Waals surface area contributed by atoms with Gasteiger partial charge in [-0.25, -0.2) is 4.98 Å². The van der Waals surface area contributed by atoms with Crippen molar-refractivity contribution >= 4 is 24.2 Å². The molecule has 3 nitrogen and oxygen atoms in total. The quantitative estimate of drug-likeness (QED) is 0.606. The molecule has 0 amide bonds. The lowest BCUT2D eigenvalue weighted by Gasteiger charge is -2.36. The maximum absolute atomic E-state index is 6.17. The van der Waals surface area contributed by atoms with E-state index in [1.54, 1.807) is 7.11 Å². The molecule has 102 valence electrons. The number of halogens is 1. The van der Waals surface area contributed by atoms with Crippen molar-refractivity contribution in [1.82, 2.24) is 4.98 Å². The molecule has 0 radical (unpaired) electrons. The van der Waals surface area contributed by atoms with E-state index in [4.69, 9.17) is 9.16 Å². The number of rotatable bonds is 4. The minimum absolute atomic E-state index is 0.211. The molecule has 0 saturated carbocycles. The van der Waals surface area contributed by atoms with Crippen molar-refractivity contribution in [2.24, 2.45) is 0 Å². The van der Waals surface area contributed by atoms with E-state index in [1.807, 2.05) is 12.1 Å². The van der Waals surface area contributed by atoms with Crippen molar-refractivity contribution in [3.63, 3.8) is 0 Å². The van der Waals surface area contributed by atoms with Crippen LogP contribution in [-0.2, 0) is 11.0 Å². The molecule has 1 heterocycles. The standard InChI is InChI=1S/C13H22BrNO2Si/c1-13(2,3)18(5,6)17-9-10-7-8-11(14)15-12(10)16-4/h7-8H,9H2,1-6H3. The highest BCUT2D eigenvalue weighted by atomic mass is 79.9. The number of aromatic nitrogens is 1. The molecule has 1 aromatic rings. The lowest BCUT2D eigenvalue weighted by atomic mass is 10.2. The van der Waals surface area contributed by atoms with Crippen LogP contribution in [0.4, 0.5) is 0 Å². The molecule has 0 fully saturated rings. The van der Waals surface area contributed by atoms with Gasteiger partial charge in [0.1, 0.15) is 4.60 Å². The third-order valence-corrected chi connectivity index (χ3v) is 8.41. The zero-order chi connectivity index (χ0) is 14.0. The van der Waals surface area contributed by atoms with E-state index in [2.05, 4.69) is 54.8 Å². The van der Waals surface area contributed by atoms with Gasteiger partial charge in [0, 0.05) is 5.56 Å². The summed E-state index contributed by atoms with van der Waals surface area (Å²) in [5.41, 5.74) is 0.991. The summed E-state index contributed by atoms with van der Waals surface area (Å²) in [6, 6.07) is 3.90. The molecule has 0 N–H and O–H groups in total. The first kappa shape index (κ1) is 15.7. The van der Waals surface area contributed by atoms with Crippen molar-refractivity contribution in [2.45, 2.75) is 45.5 Å². The van der Waals surface area contributed by atoms with Gasteiger partial charge < -0.3 is 9.16 Å². The molecule has 0 atom stereocenters. The first-order valence-electron chi connectivity index (χ1n) is 6.01. The first-order chi connectivity index (χ1) is 8.17. The highest BCUT2D eigenvalue weighted by Gasteiger charge is 2.37. The van der Waals surface area contributed by atoms with Gasteiger partial charge in [-0.05, 0) is 46.2 Å². The van der Waals surface area contributed by atoms with E-state index in [0.717, 1.165) is 10.2 Å². The lowest BCUT2D eigenvalue weighted by Crippen LogP contribution is -2.40. The molecule has 0 unspecified atom stereocenters. The van der Waals surface area contributed by atoms with Gasteiger partial charge >= 0.3 is 0 Å². The zero-order valence-corrected chi connectivity index (χ0v) is 14.6. The monoisotopic (exact) mass is 331 g/mol. The van der Waals surface area contributed by atoms with E-state index in [-0.39, 0.29) is 5.04 Å². The summed E-state index contributed by atoms with van der Waals surface area (Å²) in [4.78, 5) is 4.28. The van der Waals surface area contributed by atoms with Gasteiger partial charge in [0.25, 0.3) is 0 Å². The Bertz CT molecular complexity index is 416. The number of ether oxygens (including phenoxy) is 1. The molecule has 0 saturated heterocycles. The van der Waals surface area contributed by atoms with Crippen LogP contribution >= 0.6 is 15.9 Å². The molecule has 0 aliphatic rings. The van der Waals surface area contributed by atoms with Crippen LogP contribution in [0.1, 0.15) is 26.3 Å². The van der Waals surface area contributed by atoms with Crippen LogP contribution < -0.4 is 4.74 Å². The molecule has 5 heteroatoms. The van der Waals surface area contributed by atoms with Crippen molar-refractivity contribution in [3.8, 4) is 5.88 Å². The van der Waals surface area contributed by atoms with Gasteiger partial charge in [-0.2, -0.15) is 0 Å². The van der Waals surface area contributed by atoms with Gasteiger partial charge in [-0.1, -0.05) is 20.8 Å². The van der Waals surface area contributed by atoms with Crippen molar-refractivity contribution in [3.05, 3.63) is 22.3 Å². The normalized spacial score (nSPS) is 12.6. The summed E-state index contributed by atoms with van der Waals surface area (Å²) < 4.78 is 12.2. The number of pyridine rings is 1. The van der Waals surface area contributed by atoms with Crippen molar-refractivity contribution in [1.29, 1.82) is 0 Å². The molecule has 1 rings (SSSR count). The lowest BCUT2D eigenvalue weighted by molar-refractivity contribution is 0.267. The van der Waals surface area contributed by atoms with E-state index in [0.29, 0.717) is 12.5 Å². The summed E-state index contributed by atoms with van der Waals surface area (Å²) in [6.45, 7) is 11.7. The van der Waals surface area contributed by atoms with Crippen LogP contribution in [0.15, 0.2) is 16.7 Å². The molecule has 0 aliphatic heterocycles. The molecule has 0 spiro atoms. The third kappa shape index (κ3) is 3.80. The van der Waals surface area contributed by atoms with Crippen LogP contribution in [0, 0.1) is 0 Å². The Morgan fingerprint density at radius 1 is 1.28 bits per heavy atom. The van der Waals surface area contributed by atoms with Gasteiger partial charge in [-0.3, -0.25) is 0 Å². The molecule has 0 aromatic carbocycles. The average molecular weight is 332 g/mol. The van der Waals surface area contributed by atoms with Crippen molar-refractivity contribution < 1.29 is 9.16 Å². The topological polar surface area (TPSA) is 31.4 Å². The Hall–Kier alpha value is -0.393. The molecule has 0 bridgehead atoms. The van der Waals surface area contributed by atoms with Gasteiger partial charge in [-0.15, -0.1) is 0 Å². The molecule has 1 aromatic heterocycles. The fourth-order valence-electron chi connectivity index (χ4n) is 1.21. The van der Waals surface area contributed by atoms with Gasteiger partial charge in [0.2, 0.25) is 5.88 Å². The van der Waals surface area contributed by atoms with Crippen LogP contribution in [0.3, 0.4) is 0 Å². The summed E-state index contributed by atoms with van der Waals surface area (Å²) in [5.74, 6) is 0.628. The Morgan fingerprint density at radius 3 is 2.39 bits per heavy atom. The fourth-order valence-corrected chi connectivity index (χ4v) is 2.45. The molecule has 0 aliphatic carbocycles. The highest BCUT2D eigenvalue weighted by Crippen LogP contribution is 2.37. The van der Waals surface area contributed by atoms with Crippen molar-refractivity contribution in [2.75, 3.05) is 7.11 Å². The Labute approximate surface area is 119 Å². The van der Waals surface area contributed by atoms with E-state index in [1.165, 1.54) is 0 Å². The third-order valence-electron chi connectivity index (χ3n) is 3.49. The second-order valence-corrected chi connectivity index (χ2v) is 11.5. The predicted octanol–water partition coefficient (Wildman–Crippen LogP) is 4.37. The number of hydrogen-bond acceptors (Lipinski definition) is 3. The fraction of sp³-hybridized carbons (Fsp3) is 0.615. The predicted molar refractivity (Wildman–Crippen MR) is 80.5 cm³/mol. The maximum atomic E-state index is 6.17.